The molecule has 0 unspecified atom stereocenters. The first-order chi connectivity index (χ1) is 8.15. The highest BCUT2D eigenvalue weighted by Gasteiger charge is 2.17. The van der Waals surface area contributed by atoms with Gasteiger partial charge >= 0.3 is 5.97 Å². The first-order valence-corrected chi connectivity index (χ1v) is 5.65. The Labute approximate surface area is 100 Å². The van der Waals surface area contributed by atoms with Crippen LogP contribution in [0.25, 0.3) is 5.69 Å². The smallest absolute Gasteiger partial charge is 0.337 e. The summed E-state index contributed by atoms with van der Waals surface area (Å²) in [6.07, 6.45) is 0.699. The zero-order valence-corrected chi connectivity index (χ0v) is 9.97. The Bertz CT molecular complexity index is 541. The summed E-state index contributed by atoms with van der Waals surface area (Å²) < 4.78 is 2.00. The van der Waals surface area contributed by atoms with Gasteiger partial charge in [0.25, 0.3) is 0 Å². The van der Waals surface area contributed by atoms with Crippen molar-refractivity contribution in [2.24, 2.45) is 0 Å². The second kappa shape index (κ2) is 4.45. The van der Waals surface area contributed by atoms with Crippen molar-refractivity contribution < 1.29 is 9.90 Å². The predicted octanol–water partition coefficient (Wildman–Crippen LogP) is 3.05. The molecular weight excluding hydrogens is 214 g/mol. The fraction of sp³-hybridized carbons (Fsp3) is 0.214. The summed E-state index contributed by atoms with van der Waals surface area (Å²) in [6, 6.07) is 11.6. The minimum atomic E-state index is -0.861. The fourth-order valence-corrected chi connectivity index (χ4v) is 2.16. The van der Waals surface area contributed by atoms with E-state index in [0.29, 0.717) is 12.0 Å². The molecule has 0 amide bonds. The highest BCUT2D eigenvalue weighted by atomic mass is 16.4. The van der Waals surface area contributed by atoms with E-state index < -0.39 is 5.97 Å². The standard InChI is InChI=1S/C14H15NO2/c1-3-13-12(14(16)17)9-10(2)15(13)11-7-5-4-6-8-11/h4-9H,3H2,1-2H3,(H,16,17). The zero-order valence-electron chi connectivity index (χ0n) is 9.97. The molecule has 1 N–H and O–H groups in total. The third-order valence-corrected chi connectivity index (χ3v) is 2.87. The Morgan fingerprint density at radius 1 is 1.29 bits per heavy atom. The third-order valence-electron chi connectivity index (χ3n) is 2.87. The number of benzene rings is 1. The van der Waals surface area contributed by atoms with E-state index in [-0.39, 0.29) is 0 Å². The maximum absolute atomic E-state index is 11.2. The molecule has 17 heavy (non-hydrogen) atoms. The molecule has 2 aromatic rings. The van der Waals surface area contributed by atoms with Gasteiger partial charge in [-0.05, 0) is 31.5 Å². The van der Waals surface area contributed by atoms with Crippen LogP contribution in [-0.4, -0.2) is 15.6 Å². The molecular formula is C14H15NO2. The Kier molecular flexibility index (Phi) is 3.00. The monoisotopic (exact) mass is 229 g/mol. The minimum absolute atomic E-state index is 0.397. The summed E-state index contributed by atoms with van der Waals surface area (Å²) in [7, 11) is 0. The van der Waals surface area contributed by atoms with E-state index in [1.165, 1.54) is 0 Å². The number of nitrogens with zero attached hydrogens (tertiary/aromatic N) is 1. The van der Waals surface area contributed by atoms with Gasteiger partial charge < -0.3 is 9.67 Å². The van der Waals surface area contributed by atoms with Gasteiger partial charge in [-0.3, -0.25) is 0 Å². The van der Waals surface area contributed by atoms with Crippen LogP contribution in [0.15, 0.2) is 36.4 Å². The summed E-state index contributed by atoms with van der Waals surface area (Å²) in [6.45, 7) is 3.90. The summed E-state index contributed by atoms with van der Waals surface area (Å²) in [5, 5.41) is 9.17. The molecule has 0 fully saturated rings. The lowest BCUT2D eigenvalue weighted by Gasteiger charge is -2.10. The van der Waals surface area contributed by atoms with Gasteiger partial charge in [-0.1, -0.05) is 25.1 Å². The van der Waals surface area contributed by atoms with Crippen LogP contribution in [0, 0.1) is 6.92 Å². The summed E-state index contributed by atoms with van der Waals surface area (Å²) in [5.74, 6) is -0.861. The van der Waals surface area contributed by atoms with Crippen molar-refractivity contribution >= 4 is 5.97 Å². The average molecular weight is 229 g/mol. The molecule has 1 aromatic heterocycles. The molecule has 3 heteroatoms. The molecule has 0 saturated carbocycles. The van der Waals surface area contributed by atoms with E-state index in [4.69, 9.17) is 5.11 Å². The van der Waals surface area contributed by atoms with Crippen LogP contribution >= 0.6 is 0 Å². The lowest BCUT2D eigenvalue weighted by Crippen LogP contribution is -2.05. The van der Waals surface area contributed by atoms with Gasteiger partial charge in [-0.2, -0.15) is 0 Å². The van der Waals surface area contributed by atoms with Gasteiger partial charge in [0.2, 0.25) is 0 Å². The largest absolute Gasteiger partial charge is 0.478 e. The molecule has 0 aliphatic rings. The van der Waals surface area contributed by atoms with Crippen molar-refractivity contribution in [2.75, 3.05) is 0 Å². The molecule has 1 heterocycles. The van der Waals surface area contributed by atoms with Crippen LogP contribution in [0.5, 0.6) is 0 Å². The van der Waals surface area contributed by atoms with Crippen molar-refractivity contribution in [3.8, 4) is 5.69 Å². The number of hydrogen-bond acceptors (Lipinski definition) is 1. The van der Waals surface area contributed by atoms with Crippen LogP contribution in [0.3, 0.4) is 0 Å². The Morgan fingerprint density at radius 2 is 1.94 bits per heavy atom. The van der Waals surface area contributed by atoms with Gasteiger partial charge in [0.05, 0.1) is 5.56 Å². The van der Waals surface area contributed by atoms with Gasteiger partial charge in [-0.15, -0.1) is 0 Å². The fourth-order valence-electron chi connectivity index (χ4n) is 2.16. The Balaban J connectivity index is 2.66. The number of para-hydroxylation sites is 1. The SMILES string of the molecule is CCc1c(C(=O)O)cc(C)n1-c1ccccc1. The molecule has 0 bridgehead atoms. The summed E-state index contributed by atoms with van der Waals surface area (Å²) >= 11 is 0. The van der Waals surface area contributed by atoms with Crippen molar-refractivity contribution in [3.63, 3.8) is 0 Å². The second-order valence-corrected chi connectivity index (χ2v) is 3.98. The van der Waals surface area contributed by atoms with Crippen LogP contribution in [-0.2, 0) is 6.42 Å². The first kappa shape index (κ1) is 11.5. The van der Waals surface area contributed by atoms with Gasteiger partial charge in [-0.25, -0.2) is 4.79 Å². The van der Waals surface area contributed by atoms with E-state index >= 15 is 0 Å². The van der Waals surface area contributed by atoms with E-state index in [2.05, 4.69) is 0 Å². The van der Waals surface area contributed by atoms with E-state index in [1.54, 1.807) is 6.07 Å². The number of carboxylic acids is 1. The molecule has 1 aromatic carbocycles. The van der Waals surface area contributed by atoms with Crippen molar-refractivity contribution in [3.05, 3.63) is 53.3 Å². The van der Waals surface area contributed by atoms with Crippen LogP contribution in [0.1, 0.15) is 28.7 Å². The zero-order chi connectivity index (χ0) is 12.4. The van der Waals surface area contributed by atoms with E-state index in [1.807, 2.05) is 48.7 Å². The topological polar surface area (TPSA) is 42.2 Å². The minimum Gasteiger partial charge on any atom is -0.478 e. The Hall–Kier alpha value is -2.03. The maximum Gasteiger partial charge on any atom is 0.337 e. The number of aromatic nitrogens is 1. The average Bonchev–Trinajstić information content (AvgIpc) is 2.67. The van der Waals surface area contributed by atoms with Crippen molar-refractivity contribution in [2.45, 2.75) is 20.3 Å². The molecule has 0 atom stereocenters. The molecule has 0 aliphatic heterocycles. The van der Waals surface area contributed by atoms with Gasteiger partial charge in [0.15, 0.2) is 0 Å². The number of rotatable bonds is 3. The first-order valence-electron chi connectivity index (χ1n) is 5.65. The molecule has 0 spiro atoms. The number of carbonyl (C=O) groups is 1. The van der Waals surface area contributed by atoms with Crippen LogP contribution in [0.2, 0.25) is 0 Å². The molecule has 0 radical (unpaired) electrons. The summed E-state index contributed by atoms with van der Waals surface area (Å²) in [4.78, 5) is 11.2. The number of aromatic carboxylic acids is 1. The second-order valence-electron chi connectivity index (χ2n) is 3.98. The number of aryl methyl sites for hydroxylation is 1. The number of hydrogen-bond donors (Lipinski definition) is 1. The van der Waals surface area contributed by atoms with Crippen molar-refractivity contribution in [1.82, 2.24) is 4.57 Å². The Morgan fingerprint density at radius 3 is 2.47 bits per heavy atom. The molecule has 0 saturated heterocycles. The predicted molar refractivity (Wildman–Crippen MR) is 66.8 cm³/mol. The number of carboxylic acid groups (broad SMARTS) is 1. The lowest BCUT2D eigenvalue weighted by molar-refractivity contribution is 0.0695. The molecule has 0 aliphatic carbocycles. The maximum atomic E-state index is 11.2. The highest BCUT2D eigenvalue weighted by molar-refractivity contribution is 5.89. The van der Waals surface area contributed by atoms with Gasteiger partial charge in [0, 0.05) is 17.1 Å². The highest BCUT2D eigenvalue weighted by Crippen LogP contribution is 2.21. The van der Waals surface area contributed by atoms with E-state index in [0.717, 1.165) is 17.1 Å². The lowest BCUT2D eigenvalue weighted by atomic mass is 10.2. The normalized spacial score (nSPS) is 10.5. The van der Waals surface area contributed by atoms with Crippen LogP contribution < -0.4 is 0 Å². The quantitative estimate of drug-likeness (QED) is 0.879. The molecule has 2 rings (SSSR count). The van der Waals surface area contributed by atoms with Crippen LogP contribution in [0.4, 0.5) is 0 Å². The third kappa shape index (κ3) is 1.96. The summed E-state index contributed by atoms with van der Waals surface area (Å²) in [5.41, 5.74) is 3.20. The molecule has 88 valence electrons. The van der Waals surface area contributed by atoms with Gasteiger partial charge in [0.1, 0.15) is 0 Å². The molecule has 3 nitrogen and oxygen atoms in total. The van der Waals surface area contributed by atoms with Crippen molar-refractivity contribution in [1.29, 1.82) is 0 Å². The van der Waals surface area contributed by atoms with E-state index in [9.17, 15) is 4.79 Å².